The predicted octanol–water partition coefficient (Wildman–Crippen LogP) is 4.40. The Hall–Kier alpha value is -2.56. The summed E-state index contributed by atoms with van der Waals surface area (Å²) in [5.41, 5.74) is 3.68. The standard InChI is InChI=1S/C23H31NO4/c1-14(2)20(22(26)27-7)24-21(25)19-11-10-18(28-19)13-16-12-17(23(4,5)6)9-8-15(16)3/h8-12,14,20H,13H2,1-7H3,(H,24,25). The maximum atomic E-state index is 12.5. The molecule has 1 amide bonds. The van der Waals surface area contributed by atoms with Crippen molar-refractivity contribution in [3.63, 3.8) is 0 Å². The third-order valence-electron chi connectivity index (χ3n) is 4.87. The number of carbonyl (C=O) groups excluding carboxylic acids is 2. The molecule has 0 aliphatic rings. The van der Waals surface area contributed by atoms with E-state index in [9.17, 15) is 9.59 Å². The summed E-state index contributed by atoms with van der Waals surface area (Å²) in [6.45, 7) is 12.3. The number of carbonyl (C=O) groups is 2. The molecule has 1 N–H and O–H groups in total. The summed E-state index contributed by atoms with van der Waals surface area (Å²) >= 11 is 0. The van der Waals surface area contributed by atoms with E-state index < -0.39 is 17.9 Å². The Balaban J connectivity index is 2.16. The normalized spacial score (nSPS) is 12.7. The van der Waals surface area contributed by atoms with Crippen molar-refractivity contribution in [2.24, 2.45) is 5.92 Å². The first-order valence-corrected chi connectivity index (χ1v) is 9.60. The van der Waals surface area contributed by atoms with Crippen LogP contribution in [0.3, 0.4) is 0 Å². The van der Waals surface area contributed by atoms with Gasteiger partial charge in [0.05, 0.1) is 7.11 Å². The van der Waals surface area contributed by atoms with Crippen molar-refractivity contribution < 1.29 is 18.7 Å². The number of benzene rings is 1. The monoisotopic (exact) mass is 385 g/mol. The summed E-state index contributed by atoms with van der Waals surface area (Å²) in [4.78, 5) is 24.3. The third kappa shape index (κ3) is 5.24. The second-order valence-electron chi connectivity index (χ2n) is 8.55. The number of hydrogen-bond acceptors (Lipinski definition) is 4. The number of furan rings is 1. The van der Waals surface area contributed by atoms with E-state index in [4.69, 9.17) is 9.15 Å². The summed E-state index contributed by atoms with van der Waals surface area (Å²) in [6, 6.07) is 9.21. The number of ether oxygens (including phenoxy) is 1. The molecule has 0 radical (unpaired) electrons. The summed E-state index contributed by atoms with van der Waals surface area (Å²) in [5, 5.41) is 2.69. The molecule has 2 aromatic rings. The van der Waals surface area contributed by atoms with Gasteiger partial charge >= 0.3 is 5.97 Å². The fourth-order valence-electron chi connectivity index (χ4n) is 2.95. The molecule has 0 aliphatic heterocycles. The smallest absolute Gasteiger partial charge is 0.328 e. The van der Waals surface area contributed by atoms with Gasteiger partial charge in [0, 0.05) is 6.42 Å². The molecule has 0 saturated carbocycles. The number of rotatable bonds is 6. The van der Waals surface area contributed by atoms with E-state index in [-0.39, 0.29) is 17.1 Å². The van der Waals surface area contributed by atoms with Crippen LogP contribution in [-0.2, 0) is 21.4 Å². The topological polar surface area (TPSA) is 68.5 Å². The second kappa shape index (κ2) is 8.63. The van der Waals surface area contributed by atoms with Crippen molar-refractivity contribution in [3.8, 4) is 0 Å². The highest BCUT2D eigenvalue weighted by Crippen LogP contribution is 2.26. The molecule has 28 heavy (non-hydrogen) atoms. The van der Waals surface area contributed by atoms with Crippen LogP contribution >= 0.6 is 0 Å². The minimum Gasteiger partial charge on any atom is -0.467 e. The number of esters is 1. The molecule has 0 saturated heterocycles. The lowest BCUT2D eigenvalue weighted by Gasteiger charge is -2.20. The number of hydrogen-bond donors (Lipinski definition) is 1. The second-order valence-corrected chi connectivity index (χ2v) is 8.55. The Morgan fingerprint density at radius 3 is 2.39 bits per heavy atom. The molecule has 0 bridgehead atoms. The Bertz CT molecular complexity index is 843. The van der Waals surface area contributed by atoms with Gasteiger partial charge in [-0.25, -0.2) is 4.79 Å². The highest BCUT2D eigenvalue weighted by molar-refractivity contribution is 5.94. The molecule has 2 rings (SSSR count). The molecule has 152 valence electrons. The van der Waals surface area contributed by atoms with Crippen LogP contribution in [0.5, 0.6) is 0 Å². The van der Waals surface area contributed by atoms with Crippen molar-refractivity contribution >= 4 is 11.9 Å². The molecular weight excluding hydrogens is 354 g/mol. The van der Waals surface area contributed by atoms with Crippen LogP contribution in [0, 0.1) is 12.8 Å². The van der Waals surface area contributed by atoms with Gasteiger partial charge in [-0.05, 0) is 47.1 Å². The van der Waals surface area contributed by atoms with E-state index in [0.29, 0.717) is 12.2 Å². The highest BCUT2D eigenvalue weighted by Gasteiger charge is 2.26. The summed E-state index contributed by atoms with van der Waals surface area (Å²) in [6.07, 6.45) is 0.605. The fourth-order valence-corrected chi connectivity index (χ4v) is 2.95. The first-order valence-electron chi connectivity index (χ1n) is 9.60. The maximum absolute atomic E-state index is 12.5. The average Bonchev–Trinajstić information content (AvgIpc) is 3.08. The van der Waals surface area contributed by atoms with Gasteiger partial charge in [-0.15, -0.1) is 0 Å². The van der Waals surface area contributed by atoms with Gasteiger partial charge < -0.3 is 14.5 Å². The largest absolute Gasteiger partial charge is 0.467 e. The highest BCUT2D eigenvalue weighted by atomic mass is 16.5. The molecule has 0 fully saturated rings. The first kappa shape index (κ1) is 21.7. The molecule has 1 unspecified atom stereocenters. The fraction of sp³-hybridized carbons (Fsp3) is 0.478. The zero-order valence-corrected chi connectivity index (χ0v) is 17.9. The molecule has 1 aromatic carbocycles. The van der Waals surface area contributed by atoms with Gasteiger partial charge in [0.1, 0.15) is 11.8 Å². The molecule has 1 aromatic heterocycles. The van der Waals surface area contributed by atoms with Crippen molar-refractivity contribution in [3.05, 3.63) is 58.5 Å². The minimum atomic E-state index is -0.711. The van der Waals surface area contributed by atoms with Crippen LogP contribution in [0.25, 0.3) is 0 Å². The lowest BCUT2D eigenvalue weighted by Crippen LogP contribution is -2.44. The Kier molecular flexibility index (Phi) is 6.70. The van der Waals surface area contributed by atoms with Crippen molar-refractivity contribution in [1.29, 1.82) is 0 Å². The minimum absolute atomic E-state index is 0.0659. The van der Waals surface area contributed by atoms with E-state index in [0.717, 1.165) is 0 Å². The lowest BCUT2D eigenvalue weighted by molar-refractivity contribution is -0.144. The van der Waals surface area contributed by atoms with Gasteiger partial charge in [-0.3, -0.25) is 4.79 Å². The van der Waals surface area contributed by atoms with Crippen LogP contribution in [0.15, 0.2) is 34.7 Å². The van der Waals surface area contributed by atoms with Crippen molar-refractivity contribution in [2.75, 3.05) is 7.11 Å². The maximum Gasteiger partial charge on any atom is 0.328 e. The Labute approximate surface area is 167 Å². The SMILES string of the molecule is COC(=O)C(NC(=O)c1ccc(Cc2cc(C(C)(C)C)ccc2C)o1)C(C)C. The van der Waals surface area contributed by atoms with E-state index >= 15 is 0 Å². The van der Waals surface area contributed by atoms with Crippen LogP contribution in [0.4, 0.5) is 0 Å². The van der Waals surface area contributed by atoms with E-state index in [1.807, 2.05) is 13.8 Å². The Morgan fingerprint density at radius 2 is 1.82 bits per heavy atom. The van der Waals surface area contributed by atoms with Gasteiger partial charge in [0.15, 0.2) is 5.76 Å². The third-order valence-corrected chi connectivity index (χ3v) is 4.87. The van der Waals surface area contributed by atoms with Crippen LogP contribution in [0.2, 0.25) is 0 Å². The van der Waals surface area contributed by atoms with Crippen LogP contribution < -0.4 is 5.32 Å². The molecule has 1 atom stereocenters. The van der Waals surface area contributed by atoms with Gasteiger partial charge in [-0.2, -0.15) is 0 Å². The number of aryl methyl sites for hydroxylation is 1. The van der Waals surface area contributed by atoms with E-state index in [1.54, 1.807) is 12.1 Å². The summed E-state index contributed by atoms with van der Waals surface area (Å²) in [7, 11) is 1.31. The quantitative estimate of drug-likeness (QED) is 0.748. The first-order chi connectivity index (χ1) is 13.0. The zero-order chi connectivity index (χ0) is 21.1. The van der Waals surface area contributed by atoms with Crippen LogP contribution in [0.1, 0.15) is 67.6 Å². The molecule has 0 aliphatic carbocycles. The molecule has 5 heteroatoms. The Morgan fingerprint density at radius 1 is 1.14 bits per heavy atom. The summed E-state index contributed by atoms with van der Waals surface area (Å²) < 4.78 is 10.5. The van der Waals surface area contributed by atoms with E-state index in [1.165, 1.54) is 23.8 Å². The van der Waals surface area contributed by atoms with Gasteiger partial charge in [-0.1, -0.05) is 52.8 Å². The summed E-state index contributed by atoms with van der Waals surface area (Å²) in [5.74, 6) is -0.0819. The number of nitrogens with one attached hydrogen (secondary N) is 1. The van der Waals surface area contributed by atoms with Gasteiger partial charge in [0.2, 0.25) is 0 Å². The average molecular weight is 386 g/mol. The van der Waals surface area contributed by atoms with E-state index in [2.05, 4.69) is 51.2 Å². The zero-order valence-electron chi connectivity index (χ0n) is 17.9. The molecule has 5 nitrogen and oxygen atoms in total. The van der Waals surface area contributed by atoms with Crippen molar-refractivity contribution in [1.82, 2.24) is 5.32 Å². The number of amides is 1. The molecule has 1 heterocycles. The number of methoxy groups -OCH3 is 1. The van der Waals surface area contributed by atoms with Gasteiger partial charge in [0.25, 0.3) is 5.91 Å². The lowest BCUT2D eigenvalue weighted by atomic mass is 9.85. The molecular formula is C23H31NO4. The predicted molar refractivity (Wildman–Crippen MR) is 110 cm³/mol. The van der Waals surface area contributed by atoms with Crippen molar-refractivity contribution in [2.45, 2.75) is 59.4 Å². The molecule has 0 spiro atoms. The van der Waals surface area contributed by atoms with Crippen LogP contribution in [-0.4, -0.2) is 25.0 Å².